The molecule has 77 heavy (non-hydrogen) atoms. The van der Waals surface area contributed by atoms with Crippen molar-refractivity contribution in [2.45, 2.75) is 286 Å². The predicted molar refractivity (Wildman–Crippen MR) is 309 cm³/mol. The highest BCUT2D eigenvalue weighted by molar-refractivity contribution is 5.76. The summed E-state index contributed by atoms with van der Waals surface area (Å²) in [6.45, 7) is 2.63. The van der Waals surface area contributed by atoms with Gasteiger partial charge in [-0.05, 0) is 70.6 Å². The zero-order valence-electron chi connectivity index (χ0n) is 47.7. The zero-order valence-corrected chi connectivity index (χ0v) is 47.7. The molecule has 2 aliphatic rings. The van der Waals surface area contributed by atoms with Gasteiger partial charge in [0, 0.05) is 6.42 Å². The SMILES string of the molecule is CC/C=C\C/C=C\C/C=C\C/C=C\C/C=C\CCCC(=O)NC(COC1OC(CO)C(OC2OC(CO)C(O)C(O)C2O)C(O)C1O)C(O)/C=C/CC/C=C/CCCCCCCCCCCCCCCCCCCCCC. The minimum Gasteiger partial charge on any atom is -0.394 e. The lowest BCUT2D eigenvalue weighted by Crippen LogP contribution is -2.65. The molecule has 444 valence electrons. The van der Waals surface area contributed by atoms with E-state index in [1.54, 1.807) is 6.08 Å². The van der Waals surface area contributed by atoms with Crippen molar-refractivity contribution >= 4 is 5.91 Å². The van der Waals surface area contributed by atoms with Crippen LogP contribution in [0, 0.1) is 0 Å². The van der Waals surface area contributed by atoms with Crippen LogP contribution in [0.5, 0.6) is 0 Å². The van der Waals surface area contributed by atoms with Crippen molar-refractivity contribution in [1.29, 1.82) is 0 Å². The van der Waals surface area contributed by atoms with Crippen LogP contribution >= 0.6 is 0 Å². The second-order valence-electron chi connectivity index (χ2n) is 21.1. The maximum Gasteiger partial charge on any atom is 0.220 e. The Hall–Kier alpha value is -2.83. The summed E-state index contributed by atoms with van der Waals surface area (Å²) < 4.78 is 22.7. The first kappa shape index (κ1) is 70.3. The molecule has 0 radical (unpaired) electrons. The Kier molecular flexibility index (Phi) is 43.7. The molecule has 2 saturated heterocycles. The normalized spacial score (nSPS) is 25.3. The Balaban J connectivity index is 1.79. The van der Waals surface area contributed by atoms with E-state index in [-0.39, 0.29) is 18.9 Å². The van der Waals surface area contributed by atoms with E-state index in [2.05, 4.69) is 86.0 Å². The molecule has 14 heteroatoms. The van der Waals surface area contributed by atoms with Crippen LogP contribution in [0.1, 0.15) is 213 Å². The second kappa shape index (κ2) is 47.9. The molecule has 0 aromatic heterocycles. The number of nitrogens with one attached hydrogen (secondary N) is 1. The number of hydrogen-bond acceptors (Lipinski definition) is 13. The van der Waals surface area contributed by atoms with E-state index in [0.717, 1.165) is 44.9 Å². The Morgan fingerprint density at radius 3 is 1.43 bits per heavy atom. The summed E-state index contributed by atoms with van der Waals surface area (Å²) in [5.74, 6) is -0.308. The maximum atomic E-state index is 13.2. The first-order valence-corrected chi connectivity index (χ1v) is 30.3. The van der Waals surface area contributed by atoms with Crippen molar-refractivity contribution in [3.05, 3.63) is 85.1 Å². The van der Waals surface area contributed by atoms with E-state index >= 15 is 0 Å². The molecule has 12 atom stereocenters. The fraction of sp³-hybridized carbons (Fsp3) is 0.762. The average Bonchev–Trinajstić information content (AvgIpc) is 3.44. The van der Waals surface area contributed by atoms with Crippen molar-refractivity contribution in [3.8, 4) is 0 Å². The molecule has 2 rings (SSSR count). The van der Waals surface area contributed by atoms with Crippen LogP contribution in [0.4, 0.5) is 0 Å². The molecular weight excluding hydrogens is 979 g/mol. The number of amides is 1. The van der Waals surface area contributed by atoms with E-state index in [9.17, 15) is 45.6 Å². The van der Waals surface area contributed by atoms with Gasteiger partial charge in [0.2, 0.25) is 5.91 Å². The van der Waals surface area contributed by atoms with Crippen LogP contribution in [0.25, 0.3) is 0 Å². The molecule has 0 aliphatic carbocycles. The van der Waals surface area contributed by atoms with Crippen LogP contribution in [0.3, 0.4) is 0 Å². The largest absolute Gasteiger partial charge is 0.394 e. The Morgan fingerprint density at radius 2 is 0.909 bits per heavy atom. The van der Waals surface area contributed by atoms with Crippen molar-refractivity contribution in [3.63, 3.8) is 0 Å². The number of hydrogen-bond donors (Lipinski definition) is 9. The molecule has 2 aliphatic heterocycles. The zero-order chi connectivity index (χ0) is 56.0. The van der Waals surface area contributed by atoms with Gasteiger partial charge in [-0.15, -0.1) is 0 Å². The van der Waals surface area contributed by atoms with Crippen LogP contribution in [-0.2, 0) is 23.7 Å². The third-order valence-electron chi connectivity index (χ3n) is 14.3. The summed E-state index contributed by atoms with van der Waals surface area (Å²) in [5, 5.41) is 87.0. The van der Waals surface area contributed by atoms with Gasteiger partial charge in [0.1, 0.15) is 48.8 Å². The number of aliphatic hydroxyl groups excluding tert-OH is 8. The van der Waals surface area contributed by atoms with Gasteiger partial charge in [-0.1, -0.05) is 221 Å². The minimum absolute atomic E-state index is 0.191. The molecule has 14 nitrogen and oxygen atoms in total. The van der Waals surface area contributed by atoms with Crippen molar-refractivity contribution < 1.29 is 64.6 Å². The molecule has 1 amide bonds. The van der Waals surface area contributed by atoms with Gasteiger partial charge in [0.15, 0.2) is 12.6 Å². The predicted octanol–water partition coefficient (Wildman–Crippen LogP) is 10.5. The Bertz CT molecular complexity index is 1610. The summed E-state index contributed by atoms with van der Waals surface area (Å²) in [6.07, 6.45) is 47.9. The fourth-order valence-electron chi connectivity index (χ4n) is 9.46. The molecule has 0 aromatic carbocycles. The fourth-order valence-corrected chi connectivity index (χ4v) is 9.46. The number of carbonyl (C=O) groups is 1. The van der Waals surface area contributed by atoms with E-state index in [0.29, 0.717) is 19.3 Å². The number of ether oxygens (including phenoxy) is 4. The van der Waals surface area contributed by atoms with Crippen LogP contribution in [-0.4, -0.2) is 140 Å². The lowest BCUT2D eigenvalue weighted by atomic mass is 9.97. The van der Waals surface area contributed by atoms with Crippen molar-refractivity contribution in [1.82, 2.24) is 5.32 Å². The highest BCUT2D eigenvalue weighted by Crippen LogP contribution is 2.30. The van der Waals surface area contributed by atoms with Crippen LogP contribution < -0.4 is 5.32 Å². The standard InChI is InChI=1S/C63H109NO13/c1-3-5-7-9-11-13-15-17-19-21-22-23-24-25-26-27-28-29-31-32-34-36-38-40-42-44-46-52(67)51(64-55(68)47-45-43-41-39-37-35-33-30-20-18-16-14-12-10-8-6-4-2)50-74-62-60(73)58(71)61(54(49-66)76-62)77-63-59(72)57(70)56(69)53(48-65)75-63/h6,8,12,14,18,20,33,35-36,38-39,41,44,46,51-54,56-63,65-67,69-73H,3-5,7,9-11,13,15-17,19,21-32,34,37,40,42-43,45,47-50H2,1-2H3,(H,64,68)/b8-6-,14-12-,20-18-,35-33-,38-36+,41-39-,46-44+. The third kappa shape index (κ3) is 33.5. The molecule has 0 bridgehead atoms. The van der Waals surface area contributed by atoms with Gasteiger partial charge in [-0.25, -0.2) is 0 Å². The molecule has 2 fully saturated rings. The van der Waals surface area contributed by atoms with Gasteiger partial charge in [0.05, 0.1) is 32.0 Å². The summed E-state index contributed by atoms with van der Waals surface area (Å²) in [7, 11) is 0. The quantitative estimate of drug-likeness (QED) is 0.0204. The number of aliphatic hydroxyl groups is 8. The van der Waals surface area contributed by atoms with Gasteiger partial charge in [0.25, 0.3) is 0 Å². The Morgan fingerprint density at radius 1 is 0.481 bits per heavy atom. The molecule has 0 saturated carbocycles. The van der Waals surface area contributed by atoms with Crippen molar-refractivity contribution in [2.24, 2.45) is 0 Å². The smallest absolute Gasteiger partial charge is 0.220 e. The number of allylic oxidation sites excluding steroid dienone is 13. The van der Waals surface area contributed by atoms with Gasteiger partial charge >= 0.3 is 0 Å². The number of unbranched alkanes of at least 4 members (excludes halogenated alkanes) is 22. The summed E-state index contributed by atoms with van der Waals surface area (Å²) in [5.41, 5.74) is 0. The second-order valence-corrected chi connectivity index (χ2v) is 21.1. The molecule has 12 unspecified atom stereocenters. The topological polar surface area (TPSA) is 228 Å². The lowest BCUT2D eigenvalue weighted by molar-refractivity contribution is -0.359. The van der Waals surface area contributed by atoms with E-state index in [4.69, 9.17) is 18.9 Å². The number of carbonyl (C=O) groups excluding carboxylic acids is 1. The van der Waals surface area contributed by atoms with Gasteiger partial charge in [-0.3, -0.25) is 4.79 Å². The van der Waals surface area contributed by atoms with Gasteiger partial charge < -0.3 is 65.1 Å². The summed E-state index contributed by atoms with van der Waals surface area (Å²) in [4.78, 5) is 13.2. The minimum atomic E-state index is -1.80. The first-order chi connectivity index (χ1) is 37.6. The third-order valence-corrected chi connectivity index (χ3v) is 14.3. The average molecular weight is 1090 g/mol. The molecule has 2 heterocycles. The van der Waals surface area contributed by atoms with Crippen LogP contribution in [0.2, 0.25) is 0 Å². The highest BCUT2D eigenvalue weighted by atomic mass is 16.7. The monoisotopic (exact) mass is 1090 g/mol. The molecule has 0 spiro atoms. The van der Waals surface area contributed by atoms with E-state index in [1.165, 1.54) is 128 Å². The van der Waals surface area contributed by atoms with E-state index in [1.807, 2.05) is 12.2 Å². The maximum absolute atomic E-state index is 13.2. The molecule has 0 aromatic rings. The number of rotatable bonds is 47. The summed E-state index contributed by atoms with van der Waals surface area (Å²) >= 11 is 0. The highest BCUT2D eigenvalue weighted by Gasteiger charge is 2.51. The first-order valence-electron chi connectivity index (χ1n) is 30.3. The Labute approximate surface area is 465 Å². The van der Waals surface area contributed by atoms with Gasteiger partial charge in [-0.2, -0.15) is 0 Å². The summed E-state index contributed by atoms with van der Waals surface area (Å²) in [6, 6.07) is -0.967. The van der Waals surface area contributed by atoms with Crippen LogP contribution in [0.15, 0.2) is 85.1 Å². The van der Waals surface area contributed by atoms with E-state index < -0.39 is 86.8 Å². The molecular formula is C63H109NO13. The van der Waals surface area contributed by atoms with Crippen molar-refractivity contribution in [2.75, 3.05) is 19.8 Å². The molecule has 9 N–H and O–H groups in total. The lowest BCUT2D eigenvalue weighted by Gasteiger charge is -2.46.